The molecule has 1 aromatic carbocycles. The molecule has 0 aliphatic carbocycles. The lowest BCUT2D eigenvalue weighted by Crippen LogP contribution is -2.40. The summed E-state index contributed by atoms with van der Waals surface area (Å²) in [5, 5.41) is 13.5. The summed E-state index contributed by atoms with van der Waals surface area (Å²) >= 11 is 1.02. The zero-order chi connectivity index (χ0) is 21.7. The van der Waals surface area contributed by atoms with Crippen LogP contribution in [-0.4, -0.2) is 50.2 Å². The van der Waals surface area contributed by atoms with Gasteiger partial charge in [0.1, 0.15) is 10.6 Å². The molecule has 160 valence electrons. The third kappa shape index (κ3) is 5.00. The van der Waals surface area contributed by atoms with Gasteiger partial charge < -0.3 is 15.2 Å². The Hall–Kier alpha value is -2.85. The van der Waals surface area contributed by atoms with Crippen molar-refractivity contribution in [2.45, 2.75) is 18.9 Å². The van der Waals surface area contributed by atoms with Gasteiger partial charge in [-0.15, -0.1) is 0 Å². The summed E-state index contributed by atoms with van der Waals surface area (Å²) in [6.07, 6.45) is 1.92. The first kappa shape index (κ1) is 21.8. The topological polar surface area (TPSA) is 115 Å². The largest absolute Gasteiger partial charge is 0.494 e. The summed E-state index contributed by atoms with van der Waals surface area (Å²) in [7, 11) is 2.69. The molecule has 3 rings (SSSR count). The van der Waals surface area contributed by atoms with Gasteiger partial charge in [0.2, 0.25) is 11.8 Å². The Bertz CT molecular complexity index is 1060. The van der Waals surface area contributed by atoms with Crippen LogP contribution in [0.3, 0.4) is 0 Å². The lowest BCUT2D eigenvalue weighted by Gasteiger charge is -2.13. The van der Waals surface area contributed by atoms with E-state index in [-0.39, 0.29) is 28.4 Å². The number of carbonyl (C=O) groups excluding carboxylic acids is 1. The van der Waals surface area contributed by atoms with Crippen LogP contribution in [0, 0.1) is 0 Å². The highest BCUT2D eigenvalue weighted by Gasteiger charge is 2.22. The molecule has 9 nitrogen and oxygen atoms in total. The van der Waals surface area contributed by atoms with Crippen molar-refractivity contribution < 1.29 is 14.6 Å². The molecule has 2 N–H and O–H groups in total. The number of rotatable bonds is 6. The number of aromatic nitrogens is 2. The Morgan fingerprint density at radius 1 is 1.27 bits per heavy atom. The third-order valence-corrected chi connectivity index (χ3v) is 5.70. The molecular weight excluding hydrogens is 408 g/mol. The van der Waals surface area contributed by atoms with Gasteiger partial charge in [-0.1, -0.05) is 30.0 Å². The molecule has 1 atom stereocenters. The van der Waals surface area contributed by atoms with Gasteiger partial charge in [-0.05, 0) is 25.0 Å². The second-order valence-corrected chi connectivity index (χ2v) is 7.85. The summed E-state index contributed by atoms with van der Waals surface area (Å²) < 4.78 is 7.36. The van der Waals surface area contributed by atoms with E-state index in [1.807, 2.05) is 6.07 Å². The first-order chi connectivity index (χ1) is 14.4. The second-order valence-electron chi connectivity index (χ2n) is 6.88. The summed E-state index contributed by atoms with van der Waals surface area (Å²) in [6.45, 7) is 1.13. The van der Waals surface area contributed by atoms with Gasteiger partial charge in [-0.2, -0.15) is 0 Å². The number of aliphatic imine (C=N–C) groups is 1. The smallest absolute Gasteiger partial charge is 0.333 e. The standard InChI is InChI=1S/C20H24N4O5S/c1-23-18(26)16(19(27)24(2)20(23)28)17(22-13-7-4-3-5-8-13)30-12-15(25)21-11-14-9-6-10-29-14/h3-5,7-8,14,26H,6,9-12H2,1-2H3,(H,21,25). The van der Waals surface area contributed by atoms with Crippen molar-refractivity contribution in [3.8, 4) is 5.88 Å². The van der Waals surface area contributed by atoms with Crippen LogP contribution < -0.4 is 16.6 Å². The molecule has 1 unspecified atom stereocenters. The van der Waals surface area contributed by atoms with E-state index in [0.29, 0.717) is 18.8 Å². The third-order valence-electron chi connectivity index (χ3n) is 4.73. The van der Waals surface area contributed by atoms with Gasteiger partial charge in [0, 0.05) is 27.2 Å². The van der Waals surface area contributed by atoms with Crippen molar-refractivity contribution in [1.82, 2.24) is 14.5 Å². The van der Waals surface area contributed by atoms with Crippen molar-refractivity contribution in [1.29, 1.82) is 0 Å². The average molecular weight is 433 g/mol. The zero-order valence-electron chi connectivity index (χ0n) is 16.8. The molecule has 0 radical (unpaired) electrons. The fourth-order valence-corrected chi connectivity index (χ4v) is 3.88. The van der Waals surface area contributed by atoms with Crippen LogP contribution in [0.5, 0.6) is 5.88 Å². The van der Waals surface area contributed by atoms with Crippen LogP contribution >= 0.6 is 11.8 Å². The Morgan fingerprint density at radius 2 is 2.00 bits per heavy atom. The summed E-state index contributed by atoms with van der Waals surface area (Å²) in [5.74, 6) is -0.744. The molecule has 2 heterocycles. The maximum atomic E-state index is 12.7. The van der Waals surface area contributed by atoms with Crippen molar-refractivity contribution in [3.63, 3.8) is 0 Å². The molecule has 1 aromatic heterocycles. The minimum absolute atomic E-state index is 0.0101. The van der Waals surface area contributed by atoms with Crippen LogP contribution in [0.15, 0.2) is 44.9 Å². The van der Waals surface area contributed by atoms with E-state index in [2.05, 4.69) is 10.3 Å². The number of ether oxygens (including phenoxy) is 1. The van der Waals surface area contributed by atoms with Crippen LogP contribution in [0.2, 0.25) is 0 Å². The predicted octanol–water partition coefficient (Wildman–Crippen LogP) is 0.896. The van der Waals surface area contributed by atoms with E-state index >= 15 is 0 Å². The SMILES string of the molecule is Cn1c(O)c(C(=Nc2ccccc2)SCC(=O)NCC2CCCO2)c(=O)n(C)c1=O. The van der Waals surface area contributed by atoms with E-state index in [1.165, 1.54) is 14.1 Å². The lowest BCUT2D eigenvalue weighted by molar-refractivity contribution is -0.119. The monoisotopic (exact) mass is 432 g/mol. The van der Waals surface area contributed by atoms with E-state index in [0.717, 1.165) is 33.7 Å². The molecule has 1 saturated heterocycles. The zero-order valence-corrected chi connectivity index (χ0v) is 17.6. The van der Waals surface area contributed by atoms with Gasteiger partial charge in [-0.3, -0.25) is 18.7 Å². The number of aromatic hydroxyl groups is 1. The van der Waals surface area contributed by atoms with Crippen LogP contribution in [0.25, 0.3) is 0 Å². The Labute approximate surface area is 177 Å². The Balaban J connectivity index is 1.87. The fraction of sp³-hybridized carbons (Fsp3) is 0.400. The molecule has 1 aliphatic heterocycles. The second kappa shape index (κ2) is 9.77. The molecule has 0 bridgehead atoms. The van der Waals surface area contributed by atoms with Crippen LogP contribution in [-0.2, 0) is 23.6 Å². The molecular formula is C20H24N4O5S. The number of thioether (sulfide) groups is 1. The number of amides is 1. The number of benzene rings is 1. The van der Waals surface area contributed by atoms with E-state index < -0.39 is 17.1 Å². The minimum Gasteiger partial charge on any atom is -0.494 e. The van der Waals surface area contributed by atoms with Crippen LogP contribution in [0.1, 0.15) is 18.4 Å². The van der Waals surface area contributed by atoms with Gasteiger partial charge in [0.05, 0.1) is 17.5 Å². The molecule has 0 spiro atoms. The van der Waals surface area contributed by atoms with E-state index in [1.54, 1.807) is 24.3 Å². The van der Waals surface area contributed by atoms with Crippen molar-refractivity contribution in [2.24, 2.45) is 19.1 Å². The molecule has 1 fully saturated rings. The first-order valence-corrected chi connectivity index (χ1v) is 10.5. The average Bonchev–Trinajstić information content (AvgIpc) is 3.27. The van der Waals surface area contributed by atoms with Crippen molar-refractivity contribution in [2.75, 3.05) is 18.9 Å². The van der Waals surface area contributed by atoms with Crippen molar-refractivity contribution in [3.05, 3.63) is 56.7 Å². The highest BCUT2D eigenvalue weighted by molar-refractivity contribution is 8.15. The predicted molar refractivity (Wildman–Crippen MR) is 116 cm³/mol. The normalized spacial score (nSPS) is 16.6. The van der Waals surface area contributed by atoms with E-state index in [4.69, 9.17) is 4.74 Å². The van der Waals surface area contributed by atoms with Gasteiger partial charge in [-0.25, -0.2) is 9.79 Å². The Morgan fingerprint density at radius 3 is 2.67 bits per heavy atom. The first-order valence-electron chi connectivity index (χ1n) is 9.52. The summed E-state index contributed by atoms with van der Waals surface area (Å²) in [4.78, 5) is 41.5. The van der Waals surface area contributed by atoms with Gasteiger partial charge in [0.15, 0.2) is 0 Å². The quantitative estimate of drug-likeness (QED) is 0.518. The van der Waals surface area contributed by atoms with Crippen molar-refractivity contribution >= 4 is 28.4 Å². The molecule has 1 aliphatic rings. The molecule has 10 heteroatoms. The number of hydrogen-bond donors (Lipinski definition) is 2. The van der Waals surface area contributed by atoms with E-state index in [9.17, 15) is 19.5 Å². The fourth-order valence-electron chi connectivity index (χ4n) is 3.02. The molecule has 2 aromatic rings. The molecule has 1 amide bonds. The molecule has 0 saturated carbocycles. The number of nitrogens with one attached hydrogen (secondary N) is 1. The van der Waals surface area contributed by atoms with Gasteiger partial charge >= 0.3 is 5.69 Å². The number of para-hydroxylation sites is 1. The summed E-state index contributed by atoms with van der Waals surface area (Å²) in [5.41, 5.74) is -0.910. The highest BCUT2D eigenvalue weighted by atomic mass is 32.2. The number of nitrogens with zero attached hydrogens (tertiary/aromatic N) is 3. The minimum atomic E-state index is -0.683. The summed E-state index contributed by atoms with van der Waals surface area (Å²) in [6, 6.07) is 8.87. The highest BCUT2D eigenvalue weighted by Crippen LogP contribution is 2.22. The lowest BCUT2D eigenvalue weighted by atomic mass is 10.2. The van der Waals surface area contributed by atoms with Crippen LogP contribution in [0.4, 0.5) is 5.69 Å². The maximum absolute atomic E-state index is 12.7. The maximum Gasteiger partial charge on any atom is 0.333 e. The van der Waals surface area contributed by atoms with Gasteiger partial charge in [0.25, 0.3) is 5.56 Å². The Kier molecular flexibility index (Phi) is 7.11. The number of hydrogen-bond acceptors (Lipinski definition) is 7. The molecule has 30 heavy (non-hydrogen) atoms. The number of carbonyl (C=O) groups is 1.